The Morgan fingerprint density at radius 2 is 1.76 bits per heavy atom. The Labute approximate surface area is 172 Å². The van der Waals surface area contributed by atoms with E-state index in [-0.39, 0.29) is 0 Å². The van der Waals surface area contributed by atoms with Crippen molar-refractivity contribution in [1.29, 1.82) is 0 Å². The summed E-state index contributed by atoms with van der Waals surface area (Å²) in [5.74, 6) is 1.55. The zero-order valence-electron chi connectivity index (χ0n) is 17.0. The molecule has 0 amide bonds. The molecule has 150 valence electrons. The highest BCUT2D eigenvalue weighted by molar-refractivity contribution is 5.86. The van der Waals surface area contributed by atoms with Gasteiger partial charge in [-0.25, -0.2) is 9.97 Å². The zero-order chi connectivity index (χ0) is 19.6. The van der Waals surface area contributed by atoms with E-state index in [2.05, 4.69) is 75.2 Å². The largest absolute Gasteiger partial charge is 0.300 e. The van der Waals surface area contributed by atoms with Crippen LogP contribution in [0.5, 0.6) is 0 Å². The van der Waals surface area contributed by atoms with Crippen LogP contribution >= 0.6 is 0 Å². The van der Waals surface area contributed by atoms with Crippen LogP contribution in [0.1, 0.15) is 31.2 Å². The van der Waals surface area contributed by atoms with E-state index < -0.39 is 0 Å². The van der Waals surface area contributed by atoms with Crippen molar-refractivity contribution in [1.82, 2.24) is 25.7 Å². The fraction of sp³-hybridized carbons (Fsp3) is 0.417. The van der Waals surface area contributed by atoms with Crippen LogP contribution in [0.3, 0.4) is 0 Å². The summed E-state index contributed by atoms with van der Waals surface area (Å²) in [6.45, 7) is 1.91. The summed E-state index contributed by atoms with van der Waals surface area (Å²) in [4.78, 5) is 11.7. The number of hydrogen-bond acceptors (Lipinski definition) is 5. The van der Waals surface area contributed by atoms with Gasteiger partial charge in [0.2, 0.25) is 0 Å². The Hall–Kier alpha value is -2.34. The molecular weight excluding hydrogens is 358 g/mol. The number of hydrazine groups is 1. The lowest BCUT2D eigenvalue weighted by Crippen LogP contribution is -2.41. The molecule has 3 unspecified atom stereocenters. The monoisotopic (exact) mass is 387 g/mol. The van der Waals surface area contributed by atoms with Crippen LogP contribution in [0.15, 0.2) is 54.9 Å². The summed E-state index contributed by atoms with van der Waals surface area (Å²) in [6.07, 6.45) is 9.32. The quantitative estimate of drug-likeness (QED) is 0.698. The number of hydrogen-bond donors (Lipinski definition) is 2. The van der Waals surface area contributed by atoms with E-state index in [0.29, 0.717) is 12.1 Å². The Bertz CT molecular complexity index is 970. The van der Waals surface area contributed by atoms with Crippen molar-refractivity contribution in [2.75, 3.05) is 13.6 Å². The third-order valence-corrected chi connectivity index (χ3v) is 6.46. The minimum atomic E-state index is 0.531. The molecule has 2 N–H and O–H groups in total. The van der Waals surface area contributed by atoms with Crippen molar-refractivity contribution >= 4 is 10.8 Å². The summed E-state index contributed by atoms with van der Waals surface area (Å²) in [7, 11) is 2.19. The molecule has 1 aromatic heterocycles. The van der Waals surface area contributed by atoms with Gasteiger partial charge in [-0.3, -0.25) is 10.9 Å². The first-order chi connectivity index (χ1) is 14.3. The van der Waals surface area contributed by atoms with Crippen LogP contribution < -0.4 is 10.9 Å². The fourth-order valence-electron chi connectivity index (χ4n) is 4.95. The molecule has 0 bridgehead atoms. The van der Waals surface area contributed by atoms with Gasteiger partial charge in [0.05, 0.1) is 0 Å². The molecule has 0 radical (unpaired) electrons. The molecular formula is C24H29N5. The fourth-order valence-corrected chi connectivity index (χ4v) is 4.95. The Kier molecular flexibility index (Phi) is 5.27. The van der Waals surface area contributed by atoms with E-state index >= 15 is 0 Å². The molecule has 1 aliphatic carbocycles. The van der Waals surface area contributed by atoms with Crippen LogP contribution in [0, 0.1) is 5.92 Å². The Morgan fingerprint density at radius 3 is 2.62 bits per heavy atom. The minimum Gasteiger partial charge on any atom is -0.300 e. The maximum absolute atomic E-state index is 4.64. The molecule has 1 saturated carbocycles. The average Bonchev–Trinajstić information content (AvgIpc) is 3.17. The average molecular weight is 388 g/mol. The number of nitrogens with zero attached hydrogens (tertiary/aromatic N) is 3. The highest BCUT2D eigenvalue weighted by Gasteiger charge is 2.37. The molecule has 5 rings (SSSR count). The van der Waals surface area contributed by atoms with E-state index in [1.54, 1.807) is 0 Å². The normalized spacial score (nSPS) is 24.1. The van der Waals surface area contributed by atoms with Crippen molar-refractivity contribution in [3.8, 4) is 11.4 Å². The maximum Gasteiger partial charge on any atom is 0.159 e. The first kappa shape index (κ1) is 18.7. The van der Waals surface area contributed by atoms with Gasteiger partial charge in [0.15, 0.2) is 5.82 Å². The highest BCUT2D eigenvalue weighted by atomic mass is 15.4. The van der Waals surface area contributed by atoms with Gasteiger partial charge in [-0.05, 0) is 42.6 Å². The molecule has 5 heteroatoms. The van der Waals surface area contributed by atoms with Crippen molar-refractivity contribution in [3.63, 3.8) is 0 Å². The van der Waals surface area contributed by atoms with Crippen molar-refractivity contribution in [2.45, 2.75) is 44.3 Å². The minimum absolute atomic E-state index is 0.531. The molecule has 2 fully saturated rings. The van der Waals surface area contributed by atoms with E-state index in [1.165, 1.54) is 36.5 Å². The van der Waals surface area contributed by atoms with Crippen LogP contribution in [0.4, 0.5) is 0 Å². The second kappa shape index (κ2) is 8.19. The number of fused-ring (bicyclic) bond motifs is 2. The third kappa shape index (κ3) is 4.04. The standard InChI is InChI=1S/C24H29N5/c1-29(16-23-21-8-4-5-9-22(21)27-28-23)15-17-13-25-24(26-14-17)20-11-10-18-6-2-3-7-19(18)12-20/h2-3,6-7,10-14,21-23,27-28H,4-5,8-9,15-16H2,1H3. The number of rotatable bonds is 5. The molecule has 3 atom stereocenters. The lowest BCUT2D eigenvalue weighted by Gasteiger charge is -2.29. The van der Waals surface area contributed by atoms with Crippen molar-refractivity contribution in [2.24, 2.45) is 5.92 Å². The van der Waals surface area contributed by atoms with Gasteiger partial charge in [-0.1, -0.05) is 49.2 Å². The summed E-state index contributed by atoms with van der Waals surface area (Å²) >= 11 is 0. The molecule has 1 aliphatic heterocycles. The van der Waals surface area contributed by atoms with Gasteiger partial charge in [0.25, 0.3) is 0 Å². The van der Waals surface area contributed by atoms with E-state index in [1.807, 2.05) is 12.4 Å². The lowest BCUT2D eigenvalue weighted by atomic mass is 9.81. The second-order valence-electron chi connectivity index (χ2n) is 8.62. The Morgan fingerprint density at radius 1 is 0.966 bits per heavy atom. The van der Waals surface area contributed by atoms with Crippen LogP contribution in [0.25, 0.3) is 22.2 Å². The lowest BCUT2D eigenvalue weighted by molar-refractivity contribution is 0.237. The summed E-state index contributed by atoms with van der Waals surface area (Å²) in [6, 6.07) is 16.0. The number of likely N-dealkylation sites (N-methyl/N-ethyl adjacent to an activating group) is 1. The van der Waals surface area contributed by atoms with Gasteiger partial charge in [-0.2, -0.15) is 0 Å². The molecule has 0 spiro atoms. The van der Waals surface area contributed by atoms with E-state index in [4.69, 9.17) is 0 Å². The highest BCUT2D eigenvalue weighted by Crippen LogP contribution is 2.30. The molecule has 1 saturated heterocycles. The van der Waals surface area contributed by atoms with Gasteiger partial charge in [-0.15, -0.1) is 0 Å². The van der Waals surface area contributed by atoms with E-state index in [9.17, 15) is 0 Å². The predicted octanol–water partition coefficient (Wildman–Crippen LogP) is 3.76. The maximum atomic E-state index is 4.64. The topological polar surface area (TPSA) is 53.1 Å². The molecule has 2 aliphatic rings. The first-order valence-electron chi connectivity index (χ1n) is 10.8. The first-order valence-corrected chi connectivity index (χ1v) is 10.8. The van der Waals surface area contributed by atoms with Crippen molar-refractivity contribution in [3.05, 3.63) is 60.4 Å². The van der Waals surface area contributed by atoms with Gasteiger partial charge in [0, 0.05) is 48.7 Å². The van der Waals surface area contributed by atoms with Crippen LogP contribution in [-0.2, 0) is 6.54 Å². The Balaban J connectivity index is 1.23. The van der Waals surface area contributed by atoms with Crippen molar-refractivity contribution < 1.29 is 0 Å². The summed E-state index contributed by atoms with van der Waals surface area (Å²) < 4.78 is 0. The zero-order valence-corrected chi connectivity index (χ0v) is 17.0. The van der Waals surface area contributed by atoms with E-state index in [0.717, 1.165) is 36.0 Å². The molecule has 2 aromatic carbocycles. The van der Waals surface area contributed by atoms with Gasteiger partial charge < -0.3 is 4.90 Å². The molecule has 3 aromatic rings. The smallest absolute Gasteiger partial charge is 0.159 e. The van der Waals surface area contributed by atoms with Gasteiger partial charge >= 0.3 is 0 Å². The summed E-state index contributed by atoms with van der Waals surface area (Å²) in [5, 5.41) is 2.46. The SMILES string of the molecule is CN(Cc1cnc(-c2ccc3ccccc3c2)nc1)CC1NNC2CCCCC21. The second-order valence-corrected chi connectivity index (χ2v) is 8.62. The van der Waals surface area contributed by atoms with Gasteiger partial charge in [0.1, 0.15) is 0 Å². The molecule has 29 heavy (non-hydrogen) atoms. The molecule has 2 heterocycles. The number of aromatic nitrogens is 2. The molecule has 5 nitrogen and oxygen atoms in total. The van der Waals surface area contributed by atoms with Crippen LogP contribution in [-0.4, -0.2) is 40.5 Å². The number of benzene rings is 2. The third-order valence-electron chi connectivity index (χ3n) is 6.46. The summed E-state index contributed by atoms with van der Waals surface area (Å²) in [5.41, 5.74) is 9.27. The predicted molar refractivity (Wildman–Crippen MR) is 117 cm³/mol. The number of nitrogens with one attached hydrogen (secondary N) is 2. The van der Waals surface area contributed by atoms with Crippen LogP contribution in [0.2, 0.25) is 0 Å².